The standard InChI is InChI=1S/C11H16FN3O2/c12-9-7-15(11(17)14-10(9)16)6-5-13-8-3-1-2-4-8/h7-8,13H,1-6H2,(H,14,16,17). The molecule has 0 radical (unpaired) electrons. The summed E-state index contributed by atoms with van der Waals surface area (Å²) in [6, 6.07) is 0.512. The van der Waals surface area contributed by atoms with Crippen molar-refractivity contribution < 1.29 is 4.39 Å². The summed E-state index contributed by atoms with van der Waals surface area (Å²) in [6.45, 7) is 0.971. The third-order valence-electron chi connectivity index (χ3n) is 3.11. The van der Waals surface area contributed by atoms with E-state index < -0.39 is 17.1 Å². The van der Waals surface area contributed by atoms with Gasteiger partial charge in [0.25, 0.3) is 5.56 Å². The average Bonchev–Trinajstić information content (AvgIpc) is 2.78. The Morgan fingerprint density at radius 3 is 2.82 bits per heavy atom. The van der Waals surface area contributed by atoms with E-state index in [4.69, 9.17) is 0 Å². The molecule has 0 saturated heterocycles. The predicted molar refractivity (Wildman–Crippen MR) is 61.5 cm³/mol. The van der Waals surface area contributed by atoms with E-state index in [9.17, 15) is 14.0 Å². The number of aromatic amines is 1. The monoisotopic (exact) mass is 241 g/mol. The van der Waals surface area contributed by atoms with Crippen molar-refractivity contribution in [3.63, 3.8) is 0 Å². The van der Waals surface area contributed by atoms with Crippen LogP contribution in [0.25, 0.3) is 0 Å². The maximum atomic E-state index is 13.0. The predicted octanol–water partition coefficient (Wildman–Crippen LogP) is 0.208. The van der Waals surface area contributed by atoms with Crippen LogP contribution in [0, 0.1) is 5.82 Å². The van der Waals surface area contributed by atoms with Crippen molar-refractivity contribution in [3.05, 3.63) is 32.9 Å². The maximum absolute atomic E-state index is 13.0. The zero-order valence-corrected chi connectivity index (χ0v) is 9.54. The first-order valence-corrected chi connectivity index (χ1v) is 5.89. The highest BCUT2D eigenvalue weighted by Crippen LogP contribution is 2.17. The molecule has 1 aliphatic rings. The number of nitrogens with one attached hydrogen (secondary N) is 2. The van der Waals surface area contributed by atoms with Gasteiger partial charge in [0.2, 0.25) is 5.82 Å². The molecule has 0 aromatic carbocycles. The fraction of sp³-hybridized carbons (Fsp3) is 0.636. The van der Waals surface area contributed by atoms with Gasteiger partial charge in [-0.2, -0.15) is 4.39 Å². The lowest BCUT2D eigenvalue weighted by atomic mass is 10.2. The normalized spacial score (nSPS) is 16.5. The Balaban J connectivity index is 1.92. The van der Waals surface area contributed by atoms with Crippen molar-refractivity contribution in [2.45, 2.75) is 38.3 Å². The van der Waals surface area contributed by atoms with E-state index in [-0.39, 0.29) is 0 Å². The number of halogens is 1. The molecule has 2 rings (SSSR count). The highest BCUT2D eigenvalue weighted by Gasteiger charge is 2.13. The van der Waals surface area contributed by atoms with Crippen LogP contribution in [0.5, 0.6) is 0 Å². The lowest BCUT2D eigenvalue weighted by molar-refractivity contribution is 0.479. The van der Waals surface area contributed by atoms with Gasteiger partial charge in [0.05, 0.1) is 6.20 Å². The van der Waals surface area contributed by atoms with Gasteiger partial charge in [-0.05, 0) is 12.8 Å². The molecule has 1 aromatic heterocycles. The fourth-order valence-corrected chi connectivity index (χ4v) is 2.17. The fourth-order valence-electron chi connectivity index (χ4n) is 2.17. The number of H-pyrrole nitrogens is 1. The molecule has 0 amide bonds. The molecule has 1 heterocycles. The van der Waals surface area contributed by atoms with E-state index in [2.05, 4.69) is 5.32 Å². The van der Waals surface area contributed by atoms with Crippen LogP contribution < -0.4 is 16.6 Å². The van der Waals surface area contributed by atoms with E-state index in [1.165, 1.54) is 17.4 Å². The van der Waals surface area contributed by atoms with E-state index in [0.717, 1.165) is 19.0 Å². The van der Waals surface area contributed by atoms with Crippen LogP contribution in [-0.4, -0.2) is 22.1 Å². The first-order valence-electron chi connectivity index (χ1n) is 5.89. The van der Waals surface area contributed by atoms with E-state index in [1.807, 2.05) is 4.98 Å². The molecule has 1 saturated carbocycles. The zero-order valence-electron chi connectivity index (χ0n) is 9.54. The van der Waals surface area contributed by atoms with Gasteiger partial charge in [-0.25, -0.2) is 4.79 Å². The summed E-state index contributed by atoms with van der Waals surface area (Å²) >= 11 is 0. The van der Waals surface area contributed by atoms with Gasteiger partial charge in [0.1, 0.15) is 0 Å². The molecular formula is C11H16FN3O2. The topological polar surface area (TPSA) is 66.9 Å². The Hall–Kier alpha value is -1.43. The first kappa shape index (κ1) is 12.0. The molecule has 1 aliphatic carbocycles. The molecular weight excluding hydrogens is 225 g/mol. The van der Waals surface area contributed by atoms with Crippen molar-refractivity contribution in [2.24, 2.45) is 0 Å². The second kappa shape index (κ2) is 5.27. The van der Waals surface area contributed by atoms with Gasteiger partial charge >= 0.3 is 5.69 Å². The van der Waals surface area contributed by atoms with Crippen molar-refractivity contribution in [1.29, 1.82) is 0 Å². The summed E-state index contributed by atoms with van der Waals surface area (Å²) in [4.78, 5) is 24.1. The Morgan fingerprint density at radius 2 is 2.12 bits per heavy atom. The smallest absolute Gasteiger partial charge is 0.312 e. The number of aromatic nitrogens is 2. The number of hydrogen-bond donors (Lipinski definition) is 2. The molecule has 17 heavy (non-hydrogen) atoms. The molecule has 1 aromatic rings. The second-order valence-corrected chi connectivity index (χ2v) is 4.37. The van der Waals surface area contributed by atoms with Crippen LogP contribution in [0.3, 0.4) is 0 Å². The largest absolute Gasteiger partial charge is 0.328 e. The quantitative estimate of drug-likeness (QED) is 0.791. The number of rotatable bonds is 4. The highest BCUT2D eigenvalue weighted by molar-refractivity contribution is 4.87. The highest BCUT2D eigenvalue weighted by atomic mass is 19.1. The molecule has 6 heteroatoms. The molecule has 0 aliphatic heterocycles. The minimum Gasteiger partial charge on any atom is -0.312 e. The summed E-state index contributed by atoms with van der Waals surface area (Å²) in [6.07, 6.45) is 5.76. The molecule has 94 valence electrons. The number of nitrogens with zero attached hydrogens (tertiary/aromatic N) is 1. The maximum Gasteiger partial charge on any atom is 0.328 e. The molecule has 0 bridgehead atoms. The Morgan fingerprint density at radius 1 is 1.41 bits per heavy atom. The van der Waals surface area contributed by atoms with E-state index in [1.54, 1.807) is 0 Å². The molecule has 2 N–H and O–H groups in total. The van der Waals surface area contributed by atoms with Gasteiger partial charge in [0, 0.05) is 19.1 Å². The molecule has 0 unspecified atom stereocenters. The summed E-state index contributed by atoms with van der Waals surface area (Å²) in [5, 5.41) is 3.32. The Labute approximate surface area is 97.7 Å². The van der Waals surface area contributed by atoms with Crippen molar-refractivity contribution in [2.75, 3.05) is 6.54 Å². The third-order valence-corrected chi connectivity index (χ3v) is 3.11. The van der Waals surface area contributed by atoms with Crippen molar-refractivity contribution in [3.8, 4) is 0 Å². The lowest BCUT2D eigenvalue weighted by Crippen LogP contribution is -2.36. The molecule has 5 nitrogen and oxygen atoms in total. The Kier molecular flexibility index (Phi) is 3.73. The van der Waals surface area contributed by atoms with Gasteiger partial charge in [-0.1, -0.05) is 12.8 Å². The summed E-state index contributed by atoms with van der Waals surface area (Å²) < 4.78 is 14.1. The van der Waals surface area contributed by atoms with Crippen LogP contribution in [0.15, 0.2) is 15.8 Å². The SMILES string of the molecule is O=c1[nH]c(=O)n(CCNC2CCCC2)cc1F. The minimum atomic E-state index is -0.963. The van der Waals surface area contributed by atoms with Crippen LogP contribution in [0.4, 0.5) is 4.39 Å². The second-order valence-electron chi connectivity index (χ2n) is 4.37. The van der Waals surface area contributed by atoms with E-state index >= 15 is 0 Å². The summed E-state index contributed by atoms with van der Waals surface area (Å²) in [5.41, 5.74) is -1.53. The molecule has 0 atom stereocenters. The van der Waals surface area contributed by atoms with Gasteiger partial charge < -0.3 is 5.32 Å². The van der Waals surface area contributed by atoms with Crippen LogP contribution in [0.1, 0.15) is 25.7 Å². The lowest BCUT2D eigenvalue weighted by Gasteiger charge is -2.12. The Bertz CT molecular complexity index is 488. The van der Waals surface area contributed by atoms with Gasteiger partial charge in [0.15, 0.2) is 0 Å². The average molecular weight is 241 g/mol. The molecule has 0 spiro atoms. The van der Waals surface area contributed by atoms with Crippen molar-refractivity contribution in [1.82, 2.24) is 14.9 Å². The van der Waals surface area contributed by atoms with Crippen LogP contribution >= 0.6 is 0 Å². The van der Waals surface area contributed by atoms with Crippen molar-refractivity contribution >= 4 is 0 Å². The minimum absolute atomic E-state index is 0.364. The van der Waals surface area contributed by atoms with Gasteiger partial charge in [-0.3, -0.25) is 14.3 Å². The van der Waals surface area contributed by atoms with Gasteiger partial charge in [-0.15, -0.1) is 0 Å². The summed E-state index contributed by atoms with van der Waals surface area (Å²) in [7, 11) is 0. The molecule has 1 fully saturated rings. The first-order chi connectivity index (χ1) is 8.16. The van der Waals surface area contributed by atoms with Crippen LogP contribution in [-0.2, 0) is 6.54 Å². The van der Waals surface area contributed by atoms with Crippen LogP contribution in [0.2, 0.25) is 0 Å². The van der Waals surface area contributed by atoms with E-state index in [0.29, 0.717) is 19.1 Å². The third kappa shape index (κ3) is 3.03. The summed E-state index contributed by atoms with van der Waals surface area (Å²) in [5.74, 6) is -0.925. The number of hydrogen-bond acceptors (Lipinski definition) is 3. The zero-order chi connectivity index (χ0) is 12.3.